The second-order valence-electron chi connectivity index (χ2n) is 8.92. The van der Waals surface area contributed by atoms with E-state index in [2.05, 4.69) is 9.88 Å². The average molecular weight is 440 g/mol. The molecule has 172 valence electrons. The number of hydrogen-bond donors (Lipinski definition) is 0. The molecule has 2 aromatic rings. The van der Waals surface area contributed by atoms with Crippen molar-refractivity contribution in [2.75, 3.05) is 45.8 Å². The van der Waals surface area contributed by atoms with E-state index >= 15 is 0 Å². The second-order valence-corrected chi connectivity index (χ2v) is 8.92. The highest BCUT2D eigenvalue weighted by Crippen LogP contribution is 2.13. The summed E-state index contributed by atoms with van der Waals surface area (Å²) in [6.45, 7) is 7.11. The molecule has 4 rings (SSSR count). The van der Waals surface area contributed by atoms with Gasteiger partial charge in [-0.15, -0.1) is 0 Å². The molecule has 0 atom stereocenters. The van der Waals surface area contributed by atoms with Crippen LogP contribution in [0.2, 0.25) is 0 Å². The standard InChI is InChI=1S/C24H33N5O3/c1-19-7-6-8-20-23(19)25-18-29(24(20)32)12-9-21(30)28-15-13-26(14-16-28)17-22(31)27-10-4-2-3-5-11-27/h6-8,18H,2-5,9-17H2,1H3. The minimum atomic E-state index is -0.108. The lowest BCUT2D eigenvalue weighted by molar-refractivity contribution is -0.135. The largest absolute Gasteiger partial charge is 0.342 e. The molecule has 1 aromatic carbocycles. The lowest BCUT2D eigenvalue weighted by Crippen LogP contribution is -2.51. The van der Waals surface area contributed by atoms with Crippen molar-refractivity contribution in [2.24, 2.45) is 0 Å². The van der Waals surface area contributed by atoms with E-state index in [1.807, 2.05) is 28.9 Å². The molecule has 0 spiro atoms. The topological polar surface area (TPSA) is 78.8 Å². The minimum Gasteiger partial charge on any atom is -0.342 e. The molecule has 1 aromatic heterocycles. The molecule has 2 aliphatic rings. The van der Waals surface area contributed by atoms with Crippen LogP contribution in [0, 0.1) is 6.92 Å². The fraction of sp³-hybridized carbons (Fsp3) is 0.583. The third-order valence-corrected chi connectivity index (χ3v) is 6.66. The van der Waals surface area contributed by atoms with Gasteiger partial charge in [0, 0.05) is 52.2 Å². The van der Waals surface area contributed by atoms with Crippen molar-refractivity contribution < 1.29 is 9.59 Å². The highest BCUT2D eigenvalue weighted by atomic mass is 16.2. The Morgan fingerprint density at radius 3 is 2.31 bits per heavy atom. The molecule has 0 radical (unpaired) electrons. The molecule has 2 saturated heterocycles. The van der Waals surface area contributed by atoms with Gasteiger partial charge in [0.2, 0.25) is 11.8 Å². The summed E-state index contributed by atoms with van der Waals surface area (Å²) in [5.74, 6) is 0.254. The first-order chi connectivity index (χ1) is 15.5. The zero-order chi connectivity index (χ0) is 22.5. The Balaban J connectivity index is 1.26. The SMILES string of the molecule is Cc1cccc2c(=O)n(CCC(=O)N3CCN(CC(=O)N4CCCCCC4)CC3)cnc12. The summed E-state index contributed by atoms with van der Waals surface area (Å²) in [6.07, 6.45) is 6.44. The van der Waals surface area contributed by atoms with E-state index in [-0.39, 0.29) is 23.8 Å². The Hall–Kier alpha value is -2.74. The molecular weight excluding hydrogens is 406 g/mol. The molecule has 8 heteroatoms. The van der Waals surface area contributed by atoms with Crippen molar-refractivity contribution in [3.8, 4) is 0 Å². The van der Waals surface area contributed by atoms with Crippen molar-refractivity contribution in [3.63, 3.8) is 0 Å². The van der Waals surface area contributed by atoms with Crippen LogP contribution in [-0.4, -0.2) is 81.9 Å². The number of likely N-dealkylation sites (tertiary alicyclic amines) is 1. The average Bonchev–Trinajstić information content (AvgIpc) is 3.09. The highest BCUT2D eigenvalue weighted by molar-refractivity contribution is 5.80. The van der Waals surface area contributed by atoms with Crippen molar-refractivity contribution in [3.05, 3.63) is 40.4 Å². The molecule has 3 heterocycles. The lowest BCUT2D eigenvalue weighted by Gasteiger charge is -2.35. The van der Waals surface area contributed by atoms with Crippen LogP contribution in [0.4, 0.5) is 0 Å². The van der Waals surface area contributed by atoms with E-state index in [1.165, 1.54) is 23.7 Å². The maximum Gasteiger partial charge on any atom is 0.261 e. The summed E-state index contributed by atoms with van der Waals surface area (Å²) in [7, 11) is 0. The molecule has 0 saturated carbocycles. The van der Waals surface area contributed by atoms with Crippen LogP contribution < -0.4 is 5.56 Å². The third kappa shape index (κ3) is 5.18. The number of rotatable bonds is 5. The van der Waals surface area contributed by atoms with Crippen molar-refractivity contribution in [2.45, 2.75) is 45.6 Å². The minimum absolute atomic E-state index is 0.0414. The number of hydrogen-bond acceptors (Lipinski definition) is 5. The van der Waals surface area contributed by atoms with Gasteiger partial charge in [-0.05, 0) is 31.4 Å². The van der Waals surface area contributed by atoms with E-state index in [0.717, 1.165) is 31.5 Å². The fourth-order valence-electron chi connectivity index (χ4n) is 4.64. The van der Waals surface area contributed by atoms with Gasteiger partial charge in [-0.25, -0.2) is 4.98 Å². The van der Waals surface area contributed by atoms with Gasteiger partial charge in [0.15, 0.2) is 0 Å². The molecule has 32 heavy (non-hydrogen) atoms. The van der Waals surface area contributed by atoms with Gasteiger partial charge in [-0.3, -0.25) is 23.9 Å². The number of nitrogens with zero attached hydrogens (tertiary/aromatic N) is 5. The Kier molecular flexibility index (Phi) is 7.19. The summed E-state index contributed by atoms with van der Waals surface area (Å²) in [6, 6.07) is 5.57. The molecule has 0 aliphatic carbocycles. The molecule has 8 nitrogen and oxygen atoms in total. The Labute approximate surface area is 188 Å². The number of benzene rings is 1. The number of aryl methyl sites for hydroxylation is 2. The van der Waals surface area contributed by atoms with Crippen molar-refractivity contribution >= 4 is 22.7 Å². The summed E-state index contributed by atoms with van der Waals surface area (Å²) < 4.78 is 1.52. The molecule has 2 amide bonds. The Morgan fingerprint density at radius 1 is 0.906 bits per heavy atom. The number of fused-ring (bicyclic) bond motifs is 1. The first-order valence-electron chi connectivity index (χ1n) is 11.8. The van der Waals surface area contributed by atoms with Crippen LogP contribution in [0.1, 0.15) is 37.7 Å². The number of carbonyl (C=O) groups excluding carboxylic acids is 2. The van der Waals surface area contributed by atoms with Crippen LogP contribution in [-0.2, 0) is 16.1 Å². The van der Waals surface area contributed by atoms with E-state index in [0.29, 0.717) is 50.2 Å². The van der Waals surface area contributed by atoms with Crippen molar-refractivity contribution in [1.29, 1.82) is 0 Å². The van der Waals surface area contributed by atoms with Gasteiger partial charge in [-0.2, -0.15) is 0 Å². The zero-order valence-electron chi connectivity index (χ0n) is 19.0. The molecule has 0 unspecified atom stereocenters. The monoisotopic (exact) mass is 439 g/mol. The quantitative estimate of drug-likeness (QED) is 0.708. The predicted molar refractivity (Wildman–Crippen MR) is 123 cm³/mol. The number of carbonyl (C=O) groups is 2. The van der Waals surface area contributed by atoms with Crippen LogP contribution in [0.25, 0.3) is 10.9 Å². The zero-order valence-corrected chi connectivity index (χ0v) is 19.0. The summed E-state index contributed by atoms with van der Waals surface area (Å²) in [5.41, 5.74) is 1.57. The molecular formula is C24H33N5O3. The van der Waals surface area contributed by atoms with Gasteiger partial charge in [0.05, 0.1) is 23.8 Å². The van der Waals surface area contributed by atoms with E-state index in [1.54, 1.807) is 6.07 Å². The maximum atomic E-state index is 12.7. The highest BCUT2D eigenvalue weighted by Gasteiger charge is 2.24. The summed E-state index contributed by atoms with van der Waals surface area (Å²) >= 11 is 0. The number of piperazine rings is 1. The van der Waals surface area contributed by atoms with Gasteiger partial charge in [-0.1, -0.05) is 25.0 Å². The molecule has 2 fully saturated rings. The van der Waals surface area contributed by atoms with E-state index in [4.69, 9.17) is 0 Å². The smallest absolute Gasteiger partial charge is 0.261 e. The third-order valence-electron chi connectivity index (χ3n) is 6.66. The van der Waals surface area contributed by atoms with Crippen LogP contribution in [0.15, 0.2) is 29.3 Å². The van der Waals surface area contributed by atoms with Crippen LogP contribution in [0.3, 0.4) is 0 Å². The second kappa shape index (κ2) is 10.3. The molecule has 0 bridgehead atoms. The van der Waals surface area contributed by atoms with Crippen LogP contribution >= 0.6 is 0 Å². The van der Waals surface area contributed by atoms with Gasteiger partial charge in [0.1, 0.15) is 0 Å². The fourth-order valence-corrected chi connectivity index (χ4v) is 4.64. The number of amides is 2. The van der Waals surface area contributed by atoms with Gasteiger partial charge in [0.25, 0.3) is 5.56 Å². The maximum absolute atomic E-state index is 12.7. The molecule has 2 aliphatic heterocycles. The Morgan fingerprint density at radius 2 is 1.59 bits per heavy atom. The number of aromatic nitrogens is 2. The lowest BCUT2D eigenvalue weighted by atomic mass is 10.1. The van der Waals surface area contributed by atoms with E-state index < -0.39 is 0 Å². The van der Waals surface area contributed by atoms with Crippen LogP contribution in [0.5, 0.6) is 0 Å². The first-order valence-corrected chi connectivity index (χ1v) is 11.8. The molecule has 0 N–H and O–H groups in total. The van der Waals surface area contributed by atoms with Gasteiger partial charge >= 0.3 is 0 Å². The summed E-state index contributed by atoms with van der Waals surface area (Å²) in [4.78, 5) is 48.4. The summed E-state index contributed by atoms with van der Waals surface area (Å²) in [5, 5.41) is 0.586. The first kappa shape index (κ1) is 22.5. The van der Waals surface area contributed by atoms with Crippen molar-refractivity contribution in [1.82, 2.24) is 24.3 Å². The number of para-hydroxylation sites is 1. The van der Waals surface area contributed by atoms with E-state index in [9.17, 15) is 14.4 Å². The Bertz CT molecular complexity index is 1020. The van der Waals surface area contributed by atoms with Gasteiger partial charge < -0.3 is 9.80 Å². The predicted octanol–water partition coefficient (Wildman–Crippen LogP) is 1.64. The normalized spacial score (nSPS) is 18.0.